The van der Waals surface area contributed by atoms with Gasteiger partial charge < -0.3 is 19.6 Å². The third-order valence-corrected chi connectivity index (χ3v) is 3.21. The normalized spacial score (nSPS) is 26.2. The quantitative estimate of drug-likeness (QED) is 0.362. The third-order valence-electron chi connectivity index (χ3n) is 3.21. The highest BCUT2D eigenvalue weighted by Gasteiger charge is 2.30. The van der Waals surface area contributed by atoms with E-state index >= 15 is 0 Å². The van der Waals surface area contributed by atoms with Crippen molar-refractivity contribution < 1.29 is 19.1 Å². The Morgan fingerprint density at radius 3 is 2.94 bits per heavy atom. The molecule has 94 valence electrons. The average molecular weight is 231 g/mol. The van der Waals surface area contributed by atoms with Crippen LogP contribution in [-0.2, 0) is 9.53 Å². The number of hydrogen-bond acceptors (Lipinski definition) is 4. The topological polar surface area (TPSA) is 58.6 Å². The predicted molar refractivity (Wildman–Crippen MR) is 60.9 cm³/mol. The Morgan fingerprint density at radius 2 is 2.25 bits per heavy atom. The van der Waals surface area contributed by atoms with Crippen molar-refractivity contribution in [3.63, 3.8) is 0 Å². The van der Waals surface area contributed by atoms with Crippen LogP contribution in [0.25, 0.3) is 0 Å². The fraction of sp³-hybridized carbons (Fsp3) is 0.909. The van der Waals surface area contributed by atoms with Gasteiger partial charge in [-0.3, -0.25) is 4.79 Å². The van der Waals surface area contributed by atoms with E-state index < -0.39 is 0 Å². The van der Waals surface area contributed by atoms with E-state index in [1.165, 1.54) is 0 Å². The minimum absolute atomic E-state index is 0.110. The second-order valence-corrected chi connectivity index (χ2v) is 4.28. The Kier molecular flexibility index (Phi) is 5.73. The molecule has 5 nitrogen and oxygen atoms in total. The molecule has 2 N–H and O–H groups in total. The van der Waals surface area contributed by atoms with Crippen LogP contribution in [0.3, 0.4) is 0 Å². The lowest BCUT2D eigenvalue weighted by Gasteiger charge is -2.36. The molecular weight excluding hydrogens is 208 g/mol. The van der Waals surface area contributed by atoms with Crippen LogP contribution in [0, 0.1) is 0 Å². The molecule has 0 aromatic carbocycles. The number of carbonyl (C=O) groups excluding carboxylic acids is 1. The van der Waals surface area contributed by atoms with Gasteiger partial charge in [0.05, 0.1) is 26.1 Å². The lowest BCUT2D eigenvalue weighted by atomic mass is 10.2. The molecule has 5 heteroatoms. The molecule has 0 radical (unpaired) electrons. The Balaban J connectivity index is 2.51. The molecule has 0 spiro atoms. The molecule has 1 unspecified atom stereocenters. The van der Waals surface area contributed by atoms with Crippen molar-refractivity contribution in [2.45, 2.75) is 13.3 Å². The number of carbonyl (C=O) groups is 1. The summed E-state index contributed by atoms with van der Waals surface area (Å²) in [5.74, 6) is -0.110. The van der Waals surface area contributed by atoms with Crippen molar-refractivity contribution in [3.05, 3.63) is 0 Å². The summed E-state index contributed by atoms with van der Waals surface area (Å²) in [7, 11) is 0. The van der Waals surface area contributed by atoms with Gasteiger partial charge in [-0.25, -0.2) is 0 Å². The Labute approximate surface area is 97.0 Å². The molecule has 1 atom stereocenters. The highest BCUT2D eigenvalue weighted by molar-refractivity contribution is 5.69. The van der Waals surface area contributed by atoms with Crippen molar-refractivity contribution in [2.75, 3.05) is 52.5 Å². The van der Waals surface area contributed by atoms with Crippen LogP contribution < -0.4 is 5.32 Å². The molecule has 1 rings (SSSR count). The van der Waals surface area contributed by atoms with Gasteiger partial charge in [0.25, 0.3) is 0 Å². The van der Waals surface area contributed by atoms with Gasteiger partial charge in [0.15, 0.2) is 0 Å². The number of cyclic esters (lactones) is 1. The maximum Gasteiger partial charge on any atom is 0.311 e. The maximum absolute atomic E-state index is 11.2. The highest BCUT2D eigenvalue weighted by atomic mass is 16.5. The van der Waals surface area contributed by atoms with Gasteiger partial charge >= 0.3 is 5.97 Å². The number of hydrogen-bond donors (Lipinski definition) is 2. The van der Waals surface area contributed by atoms with Gasteiger partial charge in [-0.1, -0.05) is 6.92 Å². The van der Waals surface area contributed by atoms with Crippen LogP contribution in [0.5, 0.6) is 0 Å². The van der Waals surface area contributed by atoms with Crippen molar-refractivity contribution >= 4 is 5.97 Å². The van der Waals surface area contributed by atoms with Crippen LogP contribution >= 0.6 is 0 Å². The Morgan fingerprint density at radius 1 is 1.44 bits per heavy atom. The number of ether oxygens (including phenoxy) is 1. The van der Waals surface area contributed by atoms with Crippen molar-refractivity contribution in [3.8, 4) is 0 Å². The van der Waals surface area contributed by atoms with Crippen molar-refractivity contribution in [1.82, 2.24) is 5.32 Å². The fourth-order valence-electron chi connectivity index (χ4n) is 2.13. The molecule has 16 heavy (non-hydrogen) atoms. The minimum Gasteiger partial charge on any atom is -0.460 e. The summed E-state index contributed by atoms with van der Waals surface area (Å²) in [6.07, 6.45) is 0.464. The largest absolute Gasteiger partial charge is 0.460 e. The monoisotopic (exact) mass is 231 g/mol. The zero-order valence-electron chi connectivity index (χ0n) is 10.1. The zero-order chi connectivity index (χ0) is 11.9. The van der Waals surface area contributed by atoms with Crippen LogP contribution in [0.4, 0.5) is 0 Å². The lowest BCUT2D eigenvalue weighted by Crippen LogP contribution is -2.54. The molecule has 1 aliphatic heterocycles. The average Bonchev–Trinajstić information content (AvgIpc) is 2.43. The number of rotatable bonds is 6. The summed E-state index contributed by atoms with van der Waals surface area (Å²) in [5, 5.41) is 12.4. The van der Waals surface area contributed by atoms with Gasteiger partial charge in [-0.15, -0.1) is 0 Å². The van der Waals surface area contributed by atoms with E-state index in [0.717, 1.165) is 37.2 Å². The SMILES string of the molecule is CCNCC[N+]1(CCO)CCOC(=O)CC1. The molecule has 0 aromatic heterocycles. The van der Waals surface area contributed by atoms with Crippen molar-refractivity contribution in [2.24, 2.45) is 0 Å². The summed E-state index contributed by atoms with van der Waals surface area (Å²) < 4.78 is 5.84. The molecule has 1 saturated heterocycles. The first-order valence-corrected chi connectivity index (χ1v) is 6.05. The zero-order valence-corrected chi connectivity index (χ0v) is 10.1. The lowest BCUT2D eigenvalue weighted by molar-refractivity contribution is -0.925. The van der Waals surface area contributed by atoms with Crippen LogP contribution in [0.1, 0.15) is 13.3 Å². The van der Waals surface area contributed by atoms with Crippen LogP contribution in [0.2, 0.25) is 0 Å². The van der Waals surface area contributed by atoms with Gasteiger partial charge in [0, 0.05) is 6.54 Å². The van der Waals surface area contributed by atoms with E-state index in [0.29, 0.717) is 19.6 Å². The number of nitrogens with zero attached hydrogens (tertiary/aromatic N) is 1. The van der Waals surface area contributed by atoms with Gasteiger partial charge in [-0.2, -0.15) is 0 Å². The molecule has 0 aliphatic carbocycles. The molecule has 0 bridgehead atoms. The van der Waals surface area contributed by atoms with Gasteiger partial charge in [-0.05, 0) is 6.54 Å². The van der Waals surface area contributed by atoms with E-state index in [1.807, 2.05) is 0 Å². The summed E-state index contributed by atoms with van der Waals surface area (Å²) in [5.41, 5.74) is 0. The number of likely N-dealkylation sites (N-methyl/N-ethyl adjacent to an activating group) is 1. The molecule has 0 amide bonds. The fourth-order valence-corrected chi connectivity index (χ4v) is 2.13. The van der Waals surface area contributed by atoms with E-state index in [1.54, 1.807) is 0 Å². The molecule has 1 heterocycles. The summed E-state index contributed by atoms with van der Waals surface area (Å²) in [4.78, 5) is 11.2. The number of aliphatic hydroxyl groups is 1. The van der Waals surface area contributed by atoms with E-state index in [2.05, 4.69) is 12.2 Å². The van der Waals surface area contributed by atoms with E-state index in [4.69, 9.17) is 9.84 Å². The molecule has 0 saturated carbocycles. The molecular formula is C11H23N2O3+. The number of esters is 1. The second-order valence-electron chi connectivity index (χ2n) is 4.28. The number of quaternary nitrogens is 1. The Bertz CT molecular complexity index is 223. The van der Waals surface area contributed by atoms with Crippen molar-refractivity contribution in [1.29, 1.82) is 0 Å². The first-order valence-electron chi connectivity index (χ1n) is 6.05. The number of aliphatic hydroxyl groups excluding tert-OH is 1. The molecule has 0 aromatic rings. The second kappa shape index (κ2) is 6.83. The smallest absolute Gasteiger partial charge is 0.311 e. The van der Waals surface area contributed by atoms with E-state index in [-0.39, 0.29) is 12.6 Å². The molecule has 1 fully saturated rings. The number of nitrogens with one attached hydrogen (secondary N) is 1. The Hall–Kier alpha value is -0.650. The van der Waals surface area contributed by atoms with Crippen LogP contribution in [0.15, 0.2) is 0 Å². The highest BCUT2D eigenvalue weighted by Crippen LogP contribution is 2.11. The molecule has 1 aliphatic rings. The van der Waals surface area contributed by atoms with Crippen LogP contribution in [-0.4, -0.2) is 68.0 Å². The minimum atomic E-state index is -0.110. The van der Waals surface area contributed by atoms with Gasteiger partial charge in [0.2, 0.25) is 0 Å². The standard InChI is InChI=1S/C11H23N2O3/c1-2-12-4-6-13(7-9-14)5-3-11(15)16-10-8-13/h12,14H,2-10H2,1H3/q+1. The first-order chi connectivity index (χ1) is 7.72. The summed E-state index contributed by atoms with van der Waals surface area (Å²) >= 11 is 0. The summed E-state index contributed by atoms with van der Waals surface area (Å²) in [6, 6.07) is 0. The third kappa shape index (κ3) is 4.08. The predicted octanol–water partition coefficient (Wildman–Crippen LogP) is -0.648. The summed E-state index contributed by atoms with van der Waals surface area (Å²) in [6.45, 7) is 7.85. The van der Waals surface area contributed by atoms with Gasteiger partial charge in [0.1, 0.15) is 19.7 Å². The maximum atomic E-state index is 11.2. The first kappa shape index (κ1) is 13.4. The van der Waals surface area contributed by atoms with E-state index in [9.17, 15) is 4.79 Å².